The molecule has 0 saturated carbocycles. The molecule has 1 aromatic heterocycles. The van der Waals surface area contributed by atoms with Gasteiger partial charge in [0.2, 0.25) is 6.79 Å². The Hall–Kier alpha value is -2.01. The Kier molecular flexibility index (Phi) is 3.13. The van der Waals surface area contributed by atoms with Gasteiger partial charge in [-0.3, -0.25) is 0 Å². The van der Waals surface area contributed by atoms with Gasteiger partial charge in [-0.2, -0.15) is 0 Å². The average molecular weight is 259 g/mol. The Bertz CT molecular complexity index is 580. The van der Waals surface area contributed by atoms with Gasteiger partial charge in [0.25, 0.3) is 0 Å². The molecule has 5 heteroatoms. The zero-order chi connectivity index (χ0) is 13.2. The van der Waals surface area contributed by atoms with Crippen LogP contribution >= 0.6 is 0 Å². The van der Waals surface area contributed by atoms with Crippen molar-refractivity contribution >= 4 is 0 Å². The van der Waals surface area contributed by atoms with Gasteiger partial charge in [-0.1, -0.05) is 6.07 Å². The first-order valence-corrected chi connectivity index (χ1v) is 6.33. The van der Waals surface area contributed by atoms with E-state index >= 15 is 0 Å². The number of benzene rings is 1. The Morgan fingerprint density at radius 2 is 2.21 bits per heavy atom. The minimum Gasteiger partial charge on any atom is -0.454 e. The van der Waals surface area contributed by atoms with E-state index in [-0.39, 0.29) is 6.04 Å². The second kappa shape index (κ2) is 4.93. The Morgan fingerprint density at radius 1 is 1.37 bits per heavy atom. The van der Waals surface area contributed by atoms with Gasteiger partial charge in [0.15, 0.2) is 11.5 Å². The molecular formula is C14H17N3O2. The molecule has 1 N–H and O–H groups in total. The van der Waals surface area contributed by atoms with Crippen LogP contribution in [0.25, 0.3) is 0 Å². The summed E-state index contributed by atoms with van der Waals surface area (Å²) in [6, 6.07) is 6.27. The zero-order valence-corrected chi connectivity index (χ0v) is 11.1. The van der Waals surface area contributed by atoms with E-state index in [4.69, 9.17) is 9.47 Å². The molecule has 0 aliphatic carbocycles. The van der Waals surface area contributed by atoms with Crippen LogP contribution in [0.15, 0.2) is 30.6 Å². The highest BCUT2D eigenvalue weighted by Crippen LogP contribution is 2.34. The summed E-state index contributed by atoms with van der Waals surface area (Å²) >= 11 is 0. The van der Waals surface area contributed by atoms with Crippen LogP contribution in [0.4, 0.5) is 0 Å². The molecule has 1 atom stereocenters. The highest BCUT2D eigenvalue weighted by atomic mass is 16.7. The first-order chi connectivity index (χ1) is 9.24. The molecule has 0 amide bonds. The van der Waals surface area contributed by atoms with E-state index in [0.717, 1.165) is 23.9 Å². The molecule has 1 unspecified atom stereocenters. The van der Waals surface area contributed by atoms with Crippen molar-refractivity contribution in [3.63, 3.8) is 0 Å². The van der Waals surface area contributed by atoms with Crippen molar-refractivity contribution in [1.29, 1.82) is 0 Å². The maximum Gasteiger partial charge on any atom is 0.231 e. The predicted molar refractivity (Wildman–Crippen MR) is 71.0 cm³/mol. The molecule has 0 radical (unpaired) electrons. The van der Waals surface area contributed by atoms with Crippen LogP contribution in [0, 0.1) is 0 Å². The molecule has 2 aromatic rings. The van der Waals surface area contributed by atoms with E-state index in [2.05, 4.69) is 23.3 Å². The largest absolute Gasteiger partial charge is 0.454 e. The maximum absolute atomic E-state index is 5.39. The molecule has 1 aliphatic heterocycles. The maximum atomic E-state index is 5.39. The van der Waals surface area contributed by atoms with Gasteiger partial charge in [0, 0.05) is 25.5 Å². The Morgan fingerprint density at radius 3 is 3.00 bits per heavy atom. The van der Waals surface area contributed by atoms with Crippen molar-refractivity contribution in [2.45, 2.75) is 19.5 Å². The lowest BCUT2D eigenvalue weighted by Gasteiger charge is -2.14. The van der Waals surface area contributed by atoms with Crippen molar-refractivity contribution in [3.8, 4) is 11.5 Å². The van der Waals surface area contributed by atoms with E-state index in [1.807, 2.05) is 36.1 Å². The highest BCUT2D eigenvalue weighted by molar-refractivity contribution is 5.45. The third-order valence-corrected chi connectivity index (χ3v) is 3.38. The number of rotatable bonds is 4. The van der Waals surface area contributed by atoms with Gasteiger partial charge >= 0.3 is 0 Å². The topological polar surface area (TPSA) is 48.3 Å². The molecule has 0 fully saturated rings. The van der Waals surface area contributed by atoms with Crippen molar-refractivity contribution in [2.75, 3.05) is 6.79 Å². The number of hydrogen-bond acceptors (Lipinski definition) is 4. The Balaban J connectivity index is 1.67. The van der Waals surface area contributed by atoms with E-state index in [0.29, 0.717) is 6.79 Å². The summed E-state index contributed by atoms with van der Waals surface area (Å²) in [6.45, 7) is 3.17. The van der Waals surface area contributed by atoms with Crippen LogP contribution in [0.5, 0.6) is 11.5 Å². The Labute approximate surface area is 112 Å². The smallest absolute Gasteiger partial charge is 0.231 e. The van der Waals surface area contributed by atoms with Gasteiger partial charge in [-0.15, -0.1) is 0 Å². The molecule has 19 heavy (non-hydrogen) atoms. The molecule has 0 spiro atoms. The highest BCUT2D eigenvalue weighted by Gasteiger charge is 2.15. The lowest BCUT2D eigenvalue weighted by Crippen LogP contribution is -2.20. The molecule has 0 bridgehead atoms. The molecule has 1 aliphatic rings. The van der Waals surface area contributed by atoms with Gasteiger partial charge in [0.1, 0.15) is 5.82 Å². The lowest BCUT2D eigenvalue weighted by molar-refractivity contribution is 0.174. The number of nitrogens with zero attached hydrogens (tertiary/aromatic N) is 2. The summed E-state index contributed by atoms with van der Waals surface area (Å²) in [5, 5.41) is 3.45. The van der Waals surface area contributed by atoms with E-state index in [1.54, 1.807) is 0 Å². The second-order valence-electron chi connectivity index (χ2n) is 4.67. The minimum absolute atomic E-state index is 0.228. The van der Waals surface area contributed by atoms with Gasteiger partial charge in [0.05, 0.1) is 6.54 Å². The summed E-state index contributed by atoms with van der Waals surface area (Å²) in [5.41, 5.74) is 1.18. The van der Waals surface area contributed by atoms with Crippen molar-refractivity contribution in [3.05, 3.63) is 42.0 Å². The summed E-state index contributed by atoms with van der Waals surface area (Å²) < 4.78 is 12.7. The fourth-order valence-corrected chi connectivity index (χ4v) is 2.11. The van der Waals surface area contributed by atoms with Gasteiger partial charge in [-0.05, 0) is 24.6 Å². The standard InChI is InChI=1S/C14H17N3O2/c1-10(16-8-14-15-5-6-17(14)2)11-3-4-12-13(7-11)19-9-18-12/h3-7,10,16H,8-9H2,1-2H3. The first kappa shape index (κ1) is 12.0. The van der Waals surface area contributed by atoms with Crippen LogP contribution in [-0.2, 0) is 13.6 Å². The number of ether oxygens (including phenoxy) is 2. The van der Waals surface area contributed by atoms with E-state index in [9.17, 15) is 0 Å². The SMILES string of the molecule is CC(NCc1nccn1C)c1ccc2c(c1)OCO2. The van der Waals surface area contributed by atoms with Crippen LogP contribution in [-0.4, -0.2) is 16.3 Å². The quantitative estimate of drug-likeness (QED) is 0.912. The summed E-state index contributed by atoms with van der Waals surface area (Å²) in [6.07, 6.45) is 3.75. The fourth-order valence-electron chi connectivity index (χ4n) is 2.11. The molecule has 5 nitrogen and oxygen atoms in total. The first-order valence-electron chi connectivity index (χ1n) is 6.33. The minimum atomic E-state index is 0.228. The summed E-state index contributed by atoms with van der Waals surface area (Å²) in [7, 11) is 2.00. The third-order valence-electron chi connectivity index (χ3n) is 3.38. The molecule has 100 valence electrons. The van der Waals surface area contributed by atoms with Crippen LogP contribution < -0.4 is 14.8 Å². The van der Waals surface area contributed by atoms with Crippen molar-refractivity contribution in [1.82, 2.24) is 14.9 Å². The summed E-state index contributed by atoms with van der Waals surface area (Å²) in [4.78, 5) is 4.30. The number of nitrogens with one attached hydrogen (secondary N) is 1. The number of aromatic nitrogens is 2. The fraction of sp³-hybridized carbons (Fsp3) is 0.357. The molecule has 2 heterocycles. The van der Waals surface area contributed by atoms with E-state index in [1.165, 1.54) is 5.56 Å². The summed E-state index contributed by atoms with van der Waals surface area (Å²) in [5.74, 6) is 2.66. The zero-order valence-electron chi connectivity index (χ0n) is 11.1. The van der Waals surface area contributed by atoms with Gasteiger partial charge in [-0.25, -0.2) is 4.98 Å². The molecule has 1 aromatic carbocycles. The normalized spacial score (nSPS) is 14.6. The number of aryl methyl sites for hydroxylation is 1. The van der Waals surface area contributed by atoms with Gasteiger partial charge < -0.3 is 19.4 Å². The number of fused-ring (bicyclic) bond motifs is 1. The van der Waals surface area contributed by atoms with Crippen LogP contribution in [0.1, 0.15) is 24.4 Å². The molecule has 0 saturated heterocycles. The van der Waals surface area contributed by atoms with Crippen LogP contribution in [0.3, 0.4) is 0 Å². The third kappa shape index (κ3) is 2.42. The van der Waals surface area contributed by atoms with Crippen LogP contribution in [0.2, 0.25) is 0 Å². The van der Waals surface area contributed by atoms with Crippen molar-refractivity contribution in [2.24, 2.45) is 7.05 Å². The van der Waals surface area contributed by atoms with Crippen molar-refractivity contribution < 1.29 is 9.47 Å². The monoisotopic (exact) mass is 259 g/mol. The predicted octanol–water partition coefficient (Wildman–Crippen LogP) is 2.00. The number of hydrogen-bond donors (Lipinski definition) is 1. The average Bonchev–Trinajstić information content (AvgIpc) is 3.03. The van der Waals surface area contributed by atoms with E-state index < -0.39 is 0 Å². The second-order valence-corrected chi connectivity index (χ2v) is 4.67. The number of imidazole rings is 1. The lowest BCUT2D eigenvalue weighted by atomic mass is 10.1. The molecular weight excluding hydrogens is 242 g/mol. The molecule has 3 rings (SSSR count).